The fourth-order valence-electron chi connectivity index (χ4n) is 5.22. The summed E-state index contributed by atoms with van der Waals surface area (Å²) in [6, 6.07) is 0. The predicted octanol–water partition coefficient (Wildman–Crippen LogP) is 3.01. The van der Waals surface area contributed by atoms with Crippen LogP contribution in [-0.2, 0) is 24.0 Å². The maximum Gasteiger partial charge on any atom is 0.313 e. The van der Waals surface area contributed by atoms with E-state index < -0.39 is 23.6 Å². The van der Waals surface area contributed by atoms with Crippen LogP contribution >= 0.6 is 11.8 Å². The second-order valence-electron chi connectivity index (χ2n) is 7.98. The molecule has 1 saturated carbocycles. The molecule has 8 atom stereocenters. The van der Waals surface area contributed by atoms with E-state index in [2.05, 4.69) is 13.8 Å². The van der Waals surface area contributed by atoms with Crippen LogP contribution in [0.15, 0.2) is 0 Å². The highest BCUT2D eigenvalue weighted by Gasteiger charge is 2.69. The third-order valence-electron chi connectivity index (χ3n) is 6.47. The van der Waals surface area contributed by atoms with Gasteiger partial charge in [0.05, 0.1) is 5.75 Å². The lowest BCUT2D eigenvalue weighted by Crippen LogP contribution is -2.70. The molecule has 4 aliphatic heterocycles. The van der Waals surface area contributed by atoms with Crippen LogP contribution in [0.2, 0.25) is 0 Å². The molecule has 0 unspecified atom stereocenters. The number of aliphatic carboxylic acids is 1. The van der Waals surface area contributed by atoms with Crippen LogP contribution < -0.4 is 0 Å². The van der Waals surface area contributed by atoms with Gasteiger partial charge in [0, 0.05) is 12.3 Å². The molecule has 0 aromatic heterocycles. The number of hydrogen-bond acceptors (Lipinski definition) is 6. The molecule has 7 heteroatoms. The van der Waals surface area contributed by atoms with Gasteiger partial charge in [-0.25, -0.2) is 9.78 Å². The number of rotatable bonds is 3. The Labute approximate surface area is 146 Å². The number of thioether (sulfide) groups is 1. The van der Waals surface area contributed by atoms with E-state index in [9.17, 15) is 4.79 Å². The van der Waals surface area contributed by atoms with Gasteiger partial charge in [0.15, 0.2) is 11.9 Å². The van der Waals surface area contributed by atoms with Crippen LogP contribution in [0.4, 0.5) is 0 Å². The van der Waals surface area contributed by atoms with Gasteiger partial charge in [0.25, 0.3) is 0 Å². The normalized spacial score (nSPS) is 53.3. The lowest BCUT2D eigenvalue weighted by molar-refractivity contribution is -0.568. The fourth-order valence-corrected chi connectivity index (χ4v) is 6.20. The summed E-state index contributed by atoms with van der Waals surface area (Å²) < 4.78 is 12.5. The number of ether oxygens (including phenoxy) is 2. The lowest BCUT2D eigenvalue weighted by atomic mass is 9.58. The molecule has 1 aliphatic carbocycles. The summed E-state index contributed by atoms with van der Waals surface area (Å²) in [6.45, 7) is 6.33. The SMILES string of the molecule is C[C@H]1[C@H](SCC(=O)O)O[C@@H]2O[C@]3(C)CC[C@H]4[C@H](C)CC[C@@H]1[C@@]24OO3. The number of carboxylic acid groups (broad SMARTS) is 1. The van der Waals surface area contributed by atoms with E-state index in [1.54, 1.807) is 0 Å². The molecule has 5 fully saturated rings. The van der Waals surface area contributed by atoms with Crippen LogP contribution in [0.3, 0.4) is 0 Å². The Morgan fingerprint density at radius 3 is 2.75 bits per heavy atom. The second-order valence-corrected chi connectivity index (χ2v) is 9.07. The molecule has 0 radical (unpaired) electrons. The lowest BCUT2D eigenvalue weighted by Gasteiger charge is -2.60. The zero-order valence-corrected chi connectivity index (χ0v) is 15.2. The van der Waals surface area contributed by atoms with Crippen molar-refractivity contribution < 1.29 is 29.1 Å². The Balaban J connectivity index is 1.68. The molecule has 2 bridgehead atoms. The van der Waals surface area contributed by atoms with Crippen molar-refractivity contribution in [3.8, 4) is 0 Å². The summed E-state index contributed by atoms with van der Waals surface area (Å²) in [5.74, 6) is -0.229. The molecular formula is C17H26O6S. The third kappa shape index (κ3) is 2.43. The topological polar surface area (TPSA) is 74.2 Å². The highest BCUT2D eigenvalue weighted by Crippen LogP contribution is 2.61. The second kappa shape index (κ2) is 5.84. The van der Waals surface area contributed by atoms with Crippen molar-refractivity contribution >= 4 is 17.7 Å². The van der Waals surface area contributed by atoms with E-state index >= 15 is 0 Å². The molecule has 5 aliphatic rings. The van der Waals surface area contributed by atoms with Crippen LogP contribution in [0, 0.1) is 23.7 Å². The van der Waals surface area contributed by atoms with Gasteiger partial charge < -0.3 is 14.6 Å². The Morgan fingerprint density at radius 1 is 1.21 bits per heavy atom. The standard InChI is InChI=1S/C17H26O6S/c1-9-4-5-12-10(2)14(24-8-13(18)19)20-15-17(12)11(9)6-7-16(3,21-15)22-23-17/h9-12,14-15H,4-8H2,1-3H3,(H,18,19)/t9-,10-,11+,12+,14+,15-,16+,17-/m1/s1. The van der Waals surface area contributed by atoms with E-state index in [0.29, 0.717) is 11.8 Å². The first-order valence-corrected chi connectivity index (χ1v) is 9.94. The summed E-state index contributed by atoms with van der Waals surface area (Å²) in [5.41, 5.74) is -0.754. The first kappa shape index (κ1) is 17.1. The Kier molecular flexibility index (Phi) is 4.16. The van der Waals surface area contributed by atoms with Gasteiger partial charge in [-0.05, 0) is 43.9 Å². The zero-order valence-electron chi connectivity index (χ0n) is 14.4. The van der Waals surface area contributed by atoms with Crippen LogP contribution in [-0.4, -0.2) is 39.9 Å². The van der Waals surface area contributed by atoms with Gasteiger partial charge >= 0.3 is 5.97 Å². The van der Waals surface area contributed by atoms with Crippen molar-refractivity contribution in [2.24, 2.45) is 23.7 Å². The Hall–Kier alpha value is -0.340. The zero-order chi connectivity index (χ0) is 17.1. The smallest absolute Gasteiger partial charge is 0.313 e. The van der Waals surface area contributed by atoms with E-state index in [4.69, 9.17) is 24.4 Å². The van der Waals surface area contributed by atoms with Crippen LogP contribution in [0.1, 0.15) is 46.5 Å². The Bertz CT molecular complexity index is 529. The largest absolute Gasteiger partial charge is 0.481 e. The first-order chi connectivity index (χ1) is 11.4. The molecule has 1 spiro atoms. The summed E-state index contributed by atoms with van der Waals surface area (Å²) in [6.07, 6.45) is 3.50. The summed E-state index contributed by atoms with van der Waals surface area (Å²) >= 11 is 1.35. The van der Waals surface area contributed by atoms with Crippen molar-refractivity contribution in [2.75, 3.05) is 5.75 Å². The van der Waals surface area contributed by atoms with Crippen LogP contribution in [0.25, 0.3) is 0 Å². The molecule has 4 heterocycles. The number of carbonyl (C=O) groups is 1. The van der Waals surface area contributed by atoms with E-state index in [1.807, 2.05) is 6.92 Å². The van der Waals surface area contributed by atoms with E-state index in [1.165, 1.54) is 11.8 Å². The maximum atomic E-state index is 11.0. The minimum absolute atomic E-state index is 0.0376. The van der Waals surface area contributed by atoms with E-state index in [-0.39, 0.29) is 23.0 Å². The monoisotopic (exact) mass is 358 g/mol. The molecule has 1 N–H and O–H groups in total. The minimum atomic E-state index is -0.818. The van der Waals surface area contributed by atoms with Crippen molar-refractivity contribution in [3.05, 3.63) is 0 Å². The van der Waals surface area contributed by atoms with Gasteiger partial charge in [-0.3, -0.25) is 4.79 Å². The molecule has 5 rings (SSSR count). The quantitative estimate of drug-likeness (QED) is 0.777. The third-order valence-corrected chi connectivity index (χ3v) is 7.75. The summed E-state index contributed by atoms with van der Waals surface area (Å²) in [4.78, 5) is 22.8. The van der Waals surface area contributed by atoms with Crippen molar-refractivity contribution in [2.45, 2.75) is 69.6 Å². The Morgan fingerprint density at radius 2 is 2.00 bits per heavy atom. The van der Waals surface area contributed by atoms with Crippen molar-refractivity contribution in [3.63, 3.8) is 0 Å². The molecule has 0 aromatic carbocycles. The van der Waals surface area contributed by atoms with Crippen LogP contribution in [0.5, 0.6) is 0 Å². The molecule has 0 amide bonds. The first-order valence-electron chi connectivity index (χ1n) is 8.89. The highest BCUT2D eigenvalue weighted by atomic mass is 32.2. The molecule has 4 saturated heterocycles. The van der Waals surface area contributed by atoms with Gasteiger partial charge in [0.1, 0.15) is 5.44 Å². The van der Waals surface area contributed by atoms with Gasteiger partial charge in [-0.15, -0.1) is 11.8 Å². The molecular weight excluding hydrogens is 332 g/mol. The molecule has 24 heavy (non-hydrogen) atoms. The predicted molar refractivity (Wildman–Crippen MR) is 86.9 cm³/mol. The maximum absolute atomic E-state index is 11.0. The number of fused-ring (bicyclic) bond motifs is 2. The van der Waals surface area contributed by atoms with Crippen molar-refractivity contribution in [1.29, 1.82) is 0 Å². The summed E-state index contributed by atoms with van der Waals surface area (Å²) in [5, 5.41) is 9.01. The van der Waals surface area contributed by atoms with Gasteiger partial charge in [0.2, 0.25) is 5.79 Å². The average molecular weight is 358 g/mol. The fraction of sp³-hybridized carbons (Fsp3) is 0.941. The summed E-state index contributed by atoms with van der Waals surface area (Å²) in [7, 11) is 0. The average Bonchev–Trinajstić information content (AvgIpc) is 2.76. The highest BCUT2D eigenvalue weighted by molar-refractivity contribution is 8.00. The molecule has 6 nitrogen and oxygen atoms in total. The van der Waals surface area contributed by atoms with Gasteiger partial charge in [-0.2, -0.15) is 0 Å². The molecule has 0 aromatic rings. The van der Waals surface area contributed by atoms with E-state index in [0.717, 1.165) is 25.7 Å². The number of hydrogen-bond donors (Lipinski definition) is 1. The van der Waals surface area contributed by atoms with Crippen molar-refractivity contribution in [1.82, 2.24) is 0 Å². The number of carboxylic acids is 1. The molecule has 136 valence electrons. The van der Waals surface area contributed by atoms with Gasteiger partial charge in [-0.1, -0.05) is 13.8 Å². The minimum Gasteiger partial charge on any atom is -0.481 e.